The van der Waals surface area contributed by atoms with Crippen LogP contribution in [0, 0.1) is 0 Å². The zero-order valence-electron chi connectivity index (χ0n) is 17.3. The maximum Gasteiger partial charge on any atom is 0.244 e. The molecule has 158 valence electrons. The van der Waals surface area contributed by atoms with Crippen molar-refractivity contribution in [1.82, 2.24) is 10.7 Å². The Morgan fingerprint density at radius 1 is 0.806 bits per heavy atom. The average molecular weight is 434 g/mol. The van der Waals surface area contributed by atoms with Gasteiger partial charge in [-0.1, -0.05) is 78.3 Å². The van der Waals surface area contributed by atoms with Gasteiger partial charge in [0.2, 0.25) is 11.8 Å². The molecule has 0 saturated heterocycles. The zero-order chi connectivity index (χ0) is 22.1. The molecule has 0 aliphatic carbocycles. The van der Waals surface area contributed by atoms with Crippen molar-refractivity contribution in [1.29, 1.82) is 0 Å². The Morgan fingerprint density at radius 3 is 2.10 bits per heavy atom. The van der Waals surface area contributed by atoms with E-state index in [1.165, 1.54) is 0 Å². The SMILES string of the molecule is C/C(CC(=O)NCc1ccc(Cl)cc1)=N/NC(=O)Cc1ccc(-c2ccccc2)cc1. The standard InChI is InChI=1S/C25H24ClN3O2/c1-18(15-24(30)27-17-20-9-13-23(26)14-10-20)28-29-25(31)16-19-7-11-22(12-8-19)21-5-3-2-4-6-21/h2-14H,15-17H2,1H3,(H,27,30)(H,29,31)/b28-18-. The van der Waals surface area contributed by atoms with Crippen LogP contribution in [0.5, 0.6) is 0 Å². The lowest BCUT2D eigenvalue weighted by molar-refractivity contribution is -0.121. The summed E-state index contributed by atoms with van der Waals surface area (Å²) in [6.07, 6.45) is 0.328. The fraction of sp³-hybridized carbons (Fsp3) is 0.160. The number of hydrogen-bond acceptors (Lipinski definition) is 3. The van der Waals surface area contributed by atoms with Crippen LogP contribution >= 0.6 is 11.6 Å². The van der Waals surface area contributed by atoms with Gasteiger partial charge in [-0.2, -0.15) is 5.10 Å². The molecule has 0 bridgehead atoms. The minimum Gasteiger partial charge on any atom is -0.352 e. The fourth-order valence-electron chi connectivity index (χ4n) is 2.97. The topological polar surface area (TPSA) is 70.6 Å². The monoisotopic (exact) mass is 433 g/mol. The Balaban J connectivity index is 1.43. The van der Waals surface area contributed by atoms with E-state index < -0.39 is 0 Å². The van der Waals surface area contributed by atoms with Crippen LogP contribution in [-0.2, 0) is 22.6 Å². The van der Waals surface area contributed by atoms with Crippen LogP contribution in [0.15, 0.2) is 84.0 Å². The average Bonchev–Trinajstić information content (AvgIpc) is 2.78. The van der Waals surface area contributed by atoms with E-state index in [0.717, 1.165) is 22.3 Å². The molecule has 0 fully saturated rings. The Kier molecular flexibility index (Phi) is 7.96. The van der Waals surface area contributed by atoms with E-state index in [2.05, 4.69) is 15.8 Å². The van der Waals surface area contributed by atoms with E-state index >= 15 is 0 Å². The highest BCUT2D eigenvalue weighted by molar-refractivity contribution is 6.30. The molecule has 3 aromatic carbocycles. The van der Waals surface area contributed by atoms with Crippen LogP contribution < -0.4 is 10.7 Å². The van der Waals surface area contributed by atoms with Gasteiger partial charge in [-0.05, 0) is 41.3 Å². The van der Waals surface area contributed by atoms with E-state index in [1.807, 2.05) is 66.7 Å². The lowest BCUT2D eigenvalue weighted by Gasteiger charge is -2.06. The molecule has 0 radical (unpaired) electrons. The predicted molar refractivity (Wildman–Crippen MR) is 125 cm³/mol. The molecule has 31 heavy (non-hydrogen) atoms. The molecule has 0 aromatic heterocycles. The molecular formula is C25H24ClN3O2. The van der Waals surface area contributed by atoms with Gasteiger partial charge in [0.1, 0.15) is 0 Å². The van der Waals surface area contributed by atoms with E-state index in [9.17, 15) is 9.59 Å². The number of amides is 2. The number of hydrogen-bond donors (Lipinski definition) is 2. The molecule has 0 heterocycles. The summed E-state index contributed by atoms with van der Waals surface area (Å²) in [5.41, 5.74) is 7.13. The van der Waals surface area contributed by atoms with E-state index in [1.54, 1.807) is 19.1 Å². The van der Waals surface area contributed by atoms with Crippen LogP contribution in [0.25, 0.3) is 11.1 Å². The summed E-state index contributed by atoms with van der Waals surface area (Å²) in [6, 6.07) is 25.2. The number of nitrogens with zero attached hydrogens (tertiary/aromatic N) is 1. The van der Waals surface area contributed by atoms with Crippen molar-refractivity contribution >= 4 is 29.1 Å². The summed E-state index contributed by atoms with van der Waals surface area (Å²) in [5.74, 6) is -0.393. The third-order valence-electron chi connectivity index (χ3n) is 4.62. The van der Waals surface area contributed by atoms with E-state index in [-0.39, 0.29) is 24.7 Å². The maximum atomic E-state index is 12.2. The second-order valence-electron chi connectivity index (χ2n) is 7.20. The summed E-state index contributed by atoms with van der Waals surface area (Å²) in [4.78, 5) is 24.2. The Bertz CT molecular complexity index is 1050. The van der Waals surface area contributed by atoms with Gasteiger partial charge in [0, 0.05) is 17.3 Å². The highest BCUT2D eigenvalue weighted by atomic mass is 35.5. The van der Waals surface area contributed by atoms with Gasteiger partial charge in [-0.25, -0.2) is 5.43 Å². The van der Waals surface area contributed by atoms with Gasteiger partial charge in [-0.15, -0.1) is 0 Å². The lowest BCUT2D eigenvalue weighted by Crippen LogP contribution is -2.26. The summed E-state index contributed by atoms with van der Waals surface area (Å²) >= 11 is 5.85. The normalized spacial score (nSPS) is 11.1. The van der Waals surface area contributed by atoms with Crippen LogP contribution in [-0.4, -0.2) is 17.5 Å². The number of nitrogens with one attached hydrogen (secondary N) is 2. The first-order valence-electron chi connectivity index (χ1n) is 9.97. The first kappa shape index (κ1) is 22.2. The first-order chi connectivity index (χ1) is 15.0. The molecule has 3 rings (SSSR count). The number of carbonyl (C=O) groups is 2. The number of carbonyl (C=O) groups excluding carboxylic acids is 2. The molecule has 2 amide bonds. The van der Waals surface area contributed by atoms with Crippen molar-refractivity contribution in [2.24, 2.45) is 5.10 Å². The summed E-state index contributed by atoms with van der Waals surface area (Å²) in [7, 11) is 0. The molecule has 0 atom stereocenters. The molecule has 0 saturated carbocycles. The third-order valence-corrected chi connectivity index (χ3v) is 4.87. The molecular weight excluding hydrogens is 410 g/mol. The zero-order valence-corrected chi connectivity index (χ0v) is 18.0. The number of hydrazone groups is 1. The minimum atomic E-state index is -0.228. The van der Waals surface area contributed by atoms with Gasteiger partial charge in [0.25, 0.3) is 0 Å². The summed E-state index contributed by atoms with van der Waals surface area (Å²) < 4.78 is 0. The third kappa shape index (κ3) is 7.39. The van der Waals surface area contributed by atoms with Crippen molar-refractivity contribution in [3.05, 3.63) is 95.0 Å². The fourth-order valence-corrected chi connectivity index (χ4v) is 3.09. The molecule has 2 N–H and O–H groups in total. The largest absolute Gasteiger partial charge is 0.352 e. The molecule has 5 nitrogen and oxygen atoms in total. The molecule has 0 unspecified atom stereocenters. The molecule has 6 heteroatoms. The van der Waals surface area contributed by atoms with E-state index in [4.69, 9.17) is 11.6 Å². The Hall–Kier alpha value is -3.44. The summed E-state index contributed by atoms with van der Waals surface area (Å²) in [6.45, 7) is 2.12. The predicted octanol–water partition coefficient (Wildman–Crippen LogP) is 4.75. The van der Waals surface area contributed by atoms with Crippen molar-refractivity contribution in [3.63, 3.8) is 0 Å². The van der Waals surface area contributed by atoms with Crippen molar-refractivity contribution in [3.8, 4) is 11.1 Å². The first-order valence-corrected chi connectivity index (χ1v) is 10.3. The van der Waals surface area contributed by atoms with Gasteiger partial charge >= 0.3 is 0 Å². The highest BCUT2D eigenvalue weighted by Gasteiger charge is 2.06. The number of halogens is 1. The molecule has 3 aromatic rings. The number of rotatable bonds is 8. The summed E-state index contributed by atoms with van der Waals surface area (Å²) in [5, 5.41) is 7.50. The van der Waals surface area contributed by atoms with Crippen LogP contribution in [0.4, 0.5) is 0 Å². The van der Waals surface area contributed by atoms with Crippen molar-refractivity contribution in [2.75, 3.05) is 0 Å². The smallest absolute Gasteiger partial charge is 0.244 e. The Labute approximate surface area is 187 Å². The minimum absolute atomic E-state index is 0.111. The van der Waals surface area contributed by atoms with Crippen LogP contribution in [0.1, 0.15) is 24.5 Å². The second-order valence-corrected chi connectivity index (χ2v) is 7.64. The highest BCUT2D eigenvalue weighted by Crippen LogP contribution is 2.19. The van der Waals surface area contributed by atoms with Crippen LogP contribution in [0.2, 0.25) is 5.02 Å². The van der Waals surface area contributed by atoms with Crippen molar-refractivity contribution in [2.45, 2.75) is 26.3 Å². The Morgan fingerprint density at radius 2 is 1.42 bits per heavy atom. The number of benzene rings is 3. The van der Waals surface area contributed by atoms with Gasteiger partial charge in [0.15, 0.2) is 0 Å². The molecule has 0 aliphatic rings. The van der Waals surface area contributed by atoms with Gasteiger partial charge in [-0.3, -0.25) is 9.59 Å². The van der Waals surface area contributed by atoms with Gasteiger partial charge in [0.05, 0.1) is 12.8 Å². The molecule has 0 spiro atoms. The maximum absolute atomic E-state index is 12.2. The van der Waals surface area contributed by atoms with E-state index in [0.29, 0.717) is 17.3 Å². The van der Waals surface area contributed by atoms with Crippen LogP contribution in [0.3, 0.4) is 0 Å². The quantitative estimate of drug-likeness (QED) is 0.397. The molecule has 0 aliphatic heterocycles. The van der Waals surface area contributed by atoms with Crippen molar-refractivity contribution < 1.29 is 9.59 Å². The van der Waals surface area contributed by atoms with Gasteiger partial charge < -0.3 is 5.32 Å². The second kappa shape index (κ2) is 11.1. The lowest BCUT2D eigenvalue weighted by atomic mass is 10.0.